The first-order valence-electron chi connectivity index (χ1n) is 4.58. The summed E-state index contributed by atoms with van der Waals surface area (Å²) in [6.07, 6.45) is 2.87. The van der Waals surface area contributed by atoms with E-state index in [2.05, 4.69) is 11.4 Å². The van der Waals surface area contributed by atoms with Crippen molar-refractivity contribution in [2.75, 3.05) is 6.54 Å². The van der Waals surface area contributed by atoms with Crippen LogP contribution in [-0.4, -0.2) is 12.0 Å². The molecule has 0 aliphatic carbocycles. The van der Waals surface area contributed by atoms with Gasteiger partial charge in [0.05, 0.1) is 5.50 Å². The summed E-state index contributed by atoms with van der Waals surface area (Å²) in [5.74, 6) is -0.203. The first kappa shape index (κ1) is 9.69. The van der Waals surface area contributed by atoms with Gasteiger partial charge < -0.3 is 0 Å². The van der Waals surface area contributed by atoms with Crippen molar-refractivity contribution < 1.29 is 4.39 Å². The SMILES string of the molecule is Fc1ccc(C2=CCNC(Cl)C2)cc1. The van der Waals surface area contributed by atoms with Gasteiger partial charge in [0.25, 0.3) is 0 Å². The zero-order valence-corrected chi connectivity index (χ0v) is 8.39. The molecule has 1 nitrogen and oxygen atoms in total. The standard InChI is InChI=1S/C11H11ClFN/c12-11-7-9(5-6-14-11)8-1-3-10(13)4-2-8/h1-5,11,14H,6-7H2. The molecule has 0 radical (unpaired) electrons. The maximum Gasteiger partial charge on any atom is 0.123 e. The second kappa shape index (κ2) is 4.11. The molecule has 1 heterocycles. The molecule has 0 fully saturated rings. The fraction of sp³-hybridized carbons (Fsp3) is 0.273. The van der Waals surface area contributed by atoms with Crippen LogP contribution in [0.4, 0.5) is 4.39 Å². The molecule has 1 N–H and O–H groups in total. The maximum absolute atomic E-state index is 12.7. The van der Waals surface area contributed by atoms with Crippen LogP contribution in [0.3, 0.4) is 0 Å². The summed E-state index contributed by atoms with van der Waals surface area (Å²) in [5.41, 5.74) is 2.22. The minimum absolute atomic E-state index is 0.0138. The molecule has 1 unspecified atom stereocenters. The molecule has 1 atom stereocenters. The summed E-state index contributed by atoms with van der Waals surface area (Å²) in [4.78, 5) is 0. The van der Waals surface area contributed by atoms with Crippen LogP contribution in [-0.2, 0) is 0 Å². The van der Waals surface area contributed by atoms with E-state index in [1.165, 1.54) is 17.7 Å². The maximum atomic E-state index is 12.7. The lowest BCUT2D eigenvalue weighted by Crippen LogP contribution is -2.27. The van der Waals surface area contributed by atoms with Gasteiger partial charge in [0.1, 0.15) is 5.82 Å². The Morgan fingerprint density at radius 1 is 1.29 bits per heavy atom. The second-order valence-corrected chi connectivity index (χ2v) is 3.84. The molecule has 1 aliphatic heterocycles. The van der Waals surface area contributed by atoms with Crippen molar-refractivity contribution in [3.8, 4) is 0 Å². The third kappa shape index (κ3) is 2.14. The summed E-state index contributed by atoms with van der Waals surface area (Å²) in [6.45, 7) is 0.779. The number of benzene rings is 1. The molecular formula is C11H11ClFN. The second-order valence-electron chi connectivity index (χ2n) is 3.32. The van der Waals surface area contributed by atoms with E-state index in [0.717, 1.165) is 18.5 Å². The fourth-order valence-corrected chi connectivity index (χ4v) is 1.81. The van der Waals surface area contributed by atoms with Crippen molar-refractivity contribution in [3.63, 3.8) is 0 Å². The third-order valence-electron chi connectivity index (χ3n) is 2.30. The molecule has 1 aromatic rings. The van der Waals surface area contributed by atoms with Crippen molar-refractivity contribution in [2.45, 2.75) is 11.9 Å². The number of hydrogen-bond acceptors (Lipinski definition) is 1. The summed E-state index contributed by atoms with van der Waals surface area (Å²) >= 11 is 5.97. The molecule has 0 amide bonds. The van der Waals surface area contributed by atoms with Gasteiger partial charge in [-0.25, -0.2) is 4.39 Å². The minimum Gasteiger partial charge on any atom is -0.298 e. The van der Waals surface area contributed by atoms with Crippen LogP contribution >= 0.6 is 11.6 Å². The highest BCUT2D eigenvalue weighted by Crippen LogP contribution is 2.23. The van der Waals surface area contributed by atoms with Gasteiger partial charge in [-0.3, -0.25) is 5.32 Å². The Hall–Kier alpha value is -0.860. The lowest BCUT2D eigenvalue weighted by molar-refractivity contribution is 0.627. The van der Waals surface area contributed by atoms with E-state index < -0.39 is 0 Å². The van der Waals surface area contributed by atoms with Gasteiger partial charge in [-0.2, -0.15) is 0 Å². The Kier molecular flexibility index (Phi) is 2.85. The predicted octanol–water partition coefficient (Wildman–Crippen LogP) is 2.77. The Bertz CT molecular complexity index is 345. The zero-order valence-electron chi connectivity index (χ0n) is 7.63. The molecule has 74 valence electrons. The summed E-state index contributed by atoms with van der Waals surface area (Å²) in [7, 11) is 0. The molecule has 1 aromatic carbocycles. The number of halogens is 2. The van der Waals surface area contributed by atoms with Gasteiger partial charge >= 0.3 is 0 Å². The van der Waals surface area contributed by atoms with Crippen molar-refractivity contribution >= 4 is 17.2 Å². The molecular weight excluding hydrogens is 201 g/mol. The van der Waals surface area contributed by atoms with Crippen LogP contribution < -0.4 is 5.32 Å². The Morgan fingerprint density at radius 2 is 2.00 bits per heavy atom. The van der Waals surface area contributed by atoms with Gasteiger partial charge in [0.2, 0.25) is 0 Å². The molecule has 14 heavy (non-hydrogen) atoms. The van der Waals surface area contributed by atoms with Crippen molar-refractivity contribution in [3.05, 3.63) is 41.7 Å². The van der Waals surface area contributed by atoms with Crippen molar-refractivity contribution in [1.29, 1.82) is 0 Å². The van der Waals surface area contributed by atoms with Crippen LogP contribution in [0.2, 0.25) is 0 Å². The average molecular weight is 212 g/mol. The number of rotatable bonds is 1. The van der Waals surface area contributed by atoms with E-state index >= 15 is 0 Å². The smallest absolute Gasteiger partial charge is 0.123 e. The average Bonchev–Trinajstić information content (AvgIpc) is 2.19. The van der Waals surface area contributed by atoms with E-state index in [1.807, 2.05) is 0 Å². The van der Waals surface area contributed by atoms with Crippen LogP contribution in [0, 0.1) is 5.82 Å². The summed E-state index contributed by atoms with van der Waals surface area (Å²) in [5, 5.41) is 3.11. The number of nitrogens with one attached hydrogen (secondary N) is 1. The molecule has 2 rings (SSSR count). The summed E-state index contributed by atoms with van der Waals surface area (Å²) in [6, 6.07) is 6.52. The van der Waals surface area contributed by atoms with E-state index in [1.54, 1.807) is 12.1 Å². The monoisotopic (exact) mass is 211 g/mol. The van der Waals surface area contributed by atoms with E-state index in [9.17, 15) is 4.39 Å². The third-order valence-corrected chi connectivity index (χ3v) is 2.61. The number of hydrogen-bond donors (Lipinski definition) is 1. The molecule has 0 aromatic heterocycles. The lowest BCUT2D eigenvalue weighted by atomic mass is 10.0. The highest BCUT2D eigenvalue weighted by molar-refractivity contribution is 6.21. The molecule has 0 saturated carbocycles. The first-order chi connectivity index (χ1) is 6.75. The van der Waals surface area contributed by atoms with Crippen LogP contribution in [0.1, 0.15) is 12.0 Å². The molecule has 0 saturated heterocycles. The largest absolute Gasteiger partial charge is 0.298 e. The quantitative estimate of drug-likeness (QED) is 0.557. The fourth-order valence-electron chi connectivity index (χ4n) is 1.56. The highest BCUT2D eigenvalue weighted by Gasteiger charge is 2.12. The first-order valence-corrected chi connectivity index (χ1v) is 5.02. The highest BCUT2D eigenvalue weighted by atomic mass is 35.5. The zero-order chi connectivity index (χ0) is 9.97. The Labute approximate surface area is 87.6 Å². The van der Waals surface area contributed by atoms with Crippen LogP contribution in [0.5, 0.6) is 0 Å². The van der Waals surface area contributed by atoms with Crippen LogP contribution in [0.25, 0.3) is 5.57 Å². The van der Waals surface area contributed by atoms with Gasteiger partial charge in [0.15, 0.2) is 0 Å². The topological polar surface area (TPSA) is 12.0 Å². The predicted molar refractivity (Wildman–Crippen MR) is 56.6 cm³/mol. The Morgan fingerprint density at radius 3 is 2.64 bits per heavy atom. The lowest BCUT2D eigenvalue weighted by Gasteiger charge is -2.19. The number of alkyl halides is 1. The van der Waals surface area contributed by atoms with Gasteiger partial charge in [0, 0.05) is 13.0 Å². The molecule has 0 spiro atoms. The summed E-state index contributed by atoms with van der Waals surface area (Å²) < 4.78 is 12.7. The normalized spacial score (nSPS) is 21.9. The molecule has 0 bridgehead atoms. The van der Waals surface area contributed by atoms with Gasteiger partial charge in [-0.05, 0) is 23.3 Å². The van der Waals surface area contributed by atoms with E-state index in [4.69, 9.17) is 11.6 Å². The minimum atomic E-state index is -0.203. The Balaban J connectivity index is 2.22. The van der Waals surface area contributed by atoms with Crippen LogP contribution in [0.15, 0.2) is 30.3 Å². The van der Waals surface area contributed by atoms with E-state index in [0.29, 0.717) is 0 Å². The van der Waals surface area contributed by atoms with Gasteiger partial charge in [-0.15, -0.1) is 11.6 Å². The van der Waals surface area contributed by atoms with E-state index in [-0.39, 0.29) is 11.3 Å². The molecule has 3 heteroatoms. The van der Waals surface area contributed by atoms with Crippen molar-refractivity contribution in [2.24, 2.45) is 0 Å². The molecule has 1 aliphatic rings. The van der Waals surface area contributed by atoms with Crippen molar-refractivity contribution in [1.82, 2.24) is 5.32 Å². The van der Waals surface area contributed by atoms with Gasteiger partial charge in [-0.1, -0.05) is 18.2 Å².